The van der Waals surface area contributed by atoms with Gasteiger partial charge in [0.1, 0.15) is 24.5 Å². The van der Waals surface area contributed by atoms with Crippen LogP contribution in [0.2, 0.25) is 0 Å². The number of nitrogens with zero attached hydrogens (tertiary/aromatic N) is 1. The van der Waals surface area contributed by atoms with Crippen molar-refractivity contribution in [3.8, 4) is 12.3 Å². The molecule has 156 valence electrons. The van der Waals surface area contributed by atoms with Crippen molar-refractivity contribution in [1.29, 1.82) is 0 Å². The van der Waals surface area contributed by atoms with E-state index in [1.165, 1.54) is 7.11 Å². The summed E-state index contributed by atoms with van der Waals surface area (Å²) in [6, 6.07) is 0. The van der Waals surface area contributed by atoms with Gasteiger partial charge in [0.25, 0.3) is 5.56 Å². The molecule has 0 saturated carbocycles. The summed E-state index contributed by atoms with van der Waals surface area (Å²) in [7, 11) is 1.45. The van der Waals surface area contributed by atoms with E-state index in [1.807, 2.05) is 0 Å². The van der Waals surface area contributed by atoms with Gasteiger partial charge in [0, 0.05) is 19.7 Å². The lowest BCUT2D eigenvalue weighted by atomic mass is 10.2. The van der Waals surface area contributed by atoms with Crippen molar-refractivity contribution in [2.24, 2.45) is 0 Å². The monoisotopic (exact) mass is 406 g/mol. The Kier molecular flexibility index (Phi) is 6.71. The maximum absolute atomic E-state index is 13.0. The molecule has 1 aliphatic heterocycles. The van der Waals surface area contributed by atoms with Gasteiger partial charge in [-0.15, -0.1) is 6.42 Å². The van der Waals surface area contributed by atoms with Crippen LogP contribution in [-0.2, 0) is 25.1 Å². The number of nitrogens with one attached hydrogen (secondary N) is 1. The van der Waals surface area contributed by atoms with E-state index in [-0.39, 0.29) is 19.6 Å². The fourth-order valence-electron chi connectivity index (χ4n) is 2.59. The highest BCUT2D eigenvalue weighted by Crippen LogP contribution is 2.32. The minimum atomic E-state index is -4.92. The van der Waals surface area contributed by atoms with Crippen LogP contribution >= 0.6 is 0 Å². The van der Waals surface area contributed by atoms with E-state index in [1.54, 1.807) is 18.8 Å². The molecule has 0 unspecified atom stereocenters. The van der Waals surface area contributed by atoms with E-state index in [0.717, 1.165) is 0 Å². The number of halogens is 3. The Morgan fingerprint density at radius 3 is 2.64 bits per heavy atom. The zero-order valence-electron chi connectivity index (χ0n) is 15.5. The van der Waals surface area contributed by atoms with Crippen molar-refractivity contribution in [2.75, 3.05) is 20.3 Å². The molecule has 2 heterocycles. The topological polar surface area (TPSA) is 91.8 Å². The van der Waals surface area contributed by atoms with Crippen molar-refractivity contribution in [2.45, 2.75) is 50.7 Å². The molecule has 2 rings (SSSR count). The predicted molar refractivity (Wildman–Crippen MR) is 90.5 cm³/mol. The molecular formula is C17H21F3N2O6. The first-order valence-corrected chi connectivity index (χ1v) is 8.31. The molecule has 1 N–H and O–H groups in total. The van der Waals surface area contributed by atoms with Gasteiger partial charge in [-0.25, -0.2) is 4.79 Å². The van der Waals surface area contributed by atoms with Crippen LogP contribution in [0.15, 0.2) is 15.8 Å². The van der Waals surface area contributed by atoms with Gasteiger partial charge in [0.05, 0.1) is 12.7 Å². The number of H-pyrrole nitrogens is 1. The minimum Gasteiger partial charge on any atom is -0.363 e. The zero-order chi connectivity index (χ0) is 21.1. The Labute approximate surface area is 158 Å². The van der Waals surface area contributed by atoms with Crippen molar-refractivity contribution >= 4 is 0 Å². The Morgan fingerprint density at radius 1 is 1.39 bits per heavy atom. The number of rotatable bonds is 7. The molecule has 11 heteroatoms. The number of hydrogen-bond donors (Lipinski definition) is 1. The zero-order valence-corrected chi connectivity index (χ0v) is 15.5. The summed E-state index contributed by atoms with van der Waals surface area (Å²) in [6.45, 7) is 3.26. The molecule has 1 aromatic rings. The molecule has 0 amide bonds. The van der Waals surface area contributed by atoms with Crippen LogP contribution in [0.4, 0.5) is 13.2 Å². The second-order valence-electron chi connectivity index (χ2n) is 6.54. The summed E-state index contributed by atoms with van der Waals surface area (Å²) < 4.78 is 61.6. The standard InChI is InChI=1S/C17H21F3N2O6/c1-5-6-26-11-7-13(28-12(11)9-27-16(2,3)25-4)22-8-10(17(18,19)20)14(23)21-15(22)24/h1,8,11-13H,6-7,9H2,2-4H3,(H,21,23,24)/t11-,12+,13+/m0/s1. The Morgan fingerprint density at radius 2 is 2.07 bits per heavy atom. The van der Waals surface area contributed by atoms with Crippen LogP contribution in [-0.4, -0.2) is 47.9 Å². The molecule has 8 nitrogen and oxygen atoms in total. The maximum Gasteiger partial charge on any atom is 0.423 e. The van der Waals surface area contributed by atoms with Crippen LogP contribution in [0.25, 0.3) is 0 Å². The number of alkyl halides is 3. The Balaban J connectivity index is 2.28. The van der Waals surface area contributed by atoms with Crippen LogP contribution in [0.3, 0.4) is 0 Å². The molecule has 0 bridgehead atoms. The van der Waals surface area contributed by atoms with E-state index in [4.69, 9.17) is 25.4 Å². The third-order valence-electron chi connectivity index (χ3n) is 4.23. The van der Waals surface area contributed by atoms with Gasteiger partial charge in [-0.3, -0.25) is 14.3 Å². The molecule has 1 aromatic heterocycles. The third kappa shape index (κ3) is 5.23. The number of ether oxygens (including phenoxy) is 4. The summed E-state index contributed by atoms with van der Waals surface area (Å²) in [5.41, 5.74) is -4.05. The number of terminal acetylenes is 1. The first kappa shape index (κ1) is 22.2. The highest BCUT2D eigenvalue weighted by Gasteiger charge is 2.40. The first-order valence-electron chi connectivity index (χ1n) is 8.31. The van der Waals surface area contributed by atoms with Gasteiger partial charge in [-0.2, -0.15) is 13.2 Å². The van der Waals surface area contributed by atoms with E-state index in [0.29, 0.717) is 10.8 Å². The lowest BCUT2D eigenvalue weighted by Crippen LogP contribution is -2.37. The fourth-order valence-corrected chi connectivity index (χ4v) is 2.59. The third-order valence-corrected chi connectivity index (χ3v) is 4.23. The van der Waals surface area contributed by atoms with Crippen molar-refractivity contribution in [1.82, 2.24) is 9.55 Å². The summed E-state index contributed by atoms with van der Waals surface area (Å²) in [5.74, 6) is 1.36. The van der Waals surface area contributed by atoms with E-state index >= 15 is 0 Å². The average Bonchev–Trinajstić information content (AvgIpc) is 3.00. The van der Waals surface area contributed by atoms with Crippen molar-refractivity contribution in [3.63, 3.8) is 0 Å². The highest BCUT2D eigenvalue weighted by molar-refractivity contribution is 5.09. The number of aromatic amines is 1. The molecule has 0 aromatic carbocycles. The largest absolute Gasteiger partial charge is 0.423 e. The molecule has 0 radical (unpaired) electrons. The second-order valence-corrected chi connectivity index (χ2v) is 6.54. The SMILES string of the molecule is C#CCO[C@H]1C[C@H](n2cc(C(F)(F)F)c(=O)[nH]c2=O)O[C@@H]1COC(C)(C)OC. The van der Waals surface area contributed by atoms with Gasteiger partial charge in [-0.1, -0.05) is 5.92 Å². The lowest BCUT2D eigenvalue weighted by Gasteiger charge is -2.27. The van der Waals surface area contributed by atoms with Crippen LogP contribution in [0.5, 0.6) is 0 Å². The normalized spacial score (nSPS) is 23.0. The Bertz CT molecular complexity index is 839. The van der Waals surface area contributed by atoms with Crippen LogP contribution in [0.1, 0.15) is 32.1 Å². The molecule has 1 fully saturated rings. The lowest BCUT2D eigenvalue weighted by molar-refractivity contribution is -0.218. The van der Waals surface area contributed by atoms with Crippen molar-refractivity contribution < 1.29 is 32.1 Å². The second kappa shape index (κ2) is 8.48. The summed E-state index contributed by atoms with van der Waals surface area (Å²) in [5, 5.41) is 0. The molecule has 1 saturated heterocycles. The van der Waals surface area contributed by atoms with Crippen molar-refractivity contribution in [3.05, 3.63) is 32.6 Å². The van der Waals surface area contributed by atoms with E-state index in [2.05, 4.69) is 5.92 Å². The molecule has 28 heavy (non-hydrogen) atoms. The molecule has 1 aliphatic rings. The number of methoxy groups -OCH3 is 1. The minimum absolute atomic E-state index is 0.0171. The number of aromatic nitrogens is 2. The molecule has 0 spiro atoms. The summed E-state index contributed by atoms with van der Waals surface area (Å²) >= 11 is 0. The summed E-state index contributed by atoms with van der Waals surface area (Å²) in [6.07, 6.45) is -1.73. The predicted octanol–water partition coefficient (Wildman–Crippen LogP) is 1.26. The van der Waals surface area contributed by atoms with Gasteiger partial charge in [0.2, 0.25) is 0 Å². The van der Waals surface area contributed by atoms with Gasteiger partial charge >= 0.3 is 11.9 Å². The average molecular weight is 406 g/mol. The van der Waals surface area contributed by atoms with Crippen LogP contribution < -0.4 is 11.2 Å². The smallest absolute Gasteiger partial charge is 0.363 e. The van der Waals surface area contributed by atoms with Crippen LogP contribution in [0, 0.1) is 12.3 Å². The van der Waals surface area contributed by atoms with Gasteiger partial charge < -0.3 is 18.9 Å². The fraction of sp³-hybridized carbons (Fsp3) is 0.647. The van der Waals surface area contributed by atoms with E-state index < -0.39 is 47.2 Å². The Hall–Kier alpha value is -2.13. The molecular weight excluding hydrogens is 385 g/mol. The highest BCUT2D eigenvalue weighted by atomic mass is 19.4. The maximum atomic E-state index is 13.0. The molecule has 0 aliphatic carbocycles. The quantitative estimate of drug-likeness (QED) is 0.542. The first-order chi connectivity index (χ1) is 13.0. The number of hydrogen-bond acceptors (Lipinski definition) is 6. The van der Waals surface area contributed by atoms with Gasteiger partial charge in [0.15, 0.2) is 5.79 Å². The van der Waals surface area contributed by atoms with Gasteiger partial charge in [-0.05, 0) is 13.8 Å². The molecule has 3 atom stereocenters. The van der Waals surface area contributed by atoms with E-state index in [9.17, 15) is 22.8 Å². The summed E-state index contributed by atoms with van der Waals surface area (Å²) in [4.78, 5) is 25.1.